The van der Waals surface area contributed by atoms with Crippen molar-refractivity contribution in [1.82, 2.24) is 15.2 Å². The van der Waals surface area contributed by atoms with Crippen LogP contribution in [0.2, 0.25) is 0 Å². The molecule has 2 rings (SSSR count). The number of primary amides is 1. The molecule has 0 unspecified atom stereocenters. The number of nitrogens with zero attached hydrogens (tertiary/aromatic N) is 3. The van der Waals surface area contributed by atoms with E-state index in [1.807, 2.05) is 0 Å². The summed E-state index contributed by atoms with van der Waals surface area (Å²) >= 11 is 0. The van der Waals surface area contributed by atoms with Gasteiger partial charge in [0.2, 0.25) is 5.95 Å². The van der Waals surface area contributed by atoms with Gasteiger partial charge in [0.1, 0.15) is 5.56 Å². The lowest BCUT2D eigenvalue weighted by atomic mass is 10.1. The molecule has 0 bridgehead atoms. The fourth-order valence-corrected chi connectivity index (χ4v) is 1.86. The average Bonchev–Trinajstić information content (AvgIpc) is 2.40. The van der Waals surface area contributed by atoms with E-state index in [0.29, 0.717) is 0 Å². The van der Waals surface area contributed by atoms with E-state index in [2.05, 4.69) is 15.2 Å². The fraction of sp³-hybridized carbons (Fsp3) is 0.231. The lowest BCUT2D eigenvalue weighted by Gasteiger charge is -2.14. The van der Waals surface area contributed by atoms with Crippen LogP contribution in [0.3, 0.4) is 0 Å². The summed E-state index contributed by atoms with van der Waals surface area (Å²) < 4.78 is 56.6. The highest BCUT2D eigenvalue weighted by molar-refractivity contribution is 5.96. The summed E-state index contributed by atoms with van der Waals surface area (Å²) in [4.78, 5) is 15.0. The largest absolute Gasteiger partial charge is 0.435 e. The molecule has 1 amide bonds. The first kappa shape index (κ1) is 16.6. The van der Waals surface area contributed by atoms with Gasteiger partial charge < -0.3 is 10.5 Å². The lowest BCUT2D eigenvalue weighted by molar-refractivity contribution is -0.142. The lowest BCUT2D eigenvalue weighted by Crippen LogP contribution is -2.21. The van der Waals surface area contributed by atoms with Crippen LogP contribution in [0.4, 0.5) is 17.6 Å². The Morgan fingerprint density at radius 1 is 1.22 bits per heavy atom. The molecule has 2 heterocycles. The highest BCUT2D eigenvalue weighted by Gasteiger charge is 2.37. The third kappa shape index (κ3) is 3.35. The molecule has 2 N–H and O–H groups in total. The number of halogens is 4. The standard InChI is InChI=1S/C13H10F4N4O2/c1-5-9(11(18)22)12(21-20-10(5)13(15,16)17)23-7-3-4-8(14)19-6(7)2/h3-4H,1-2H3,(H2,18,22). The Morgan fingerprint density at radius 3 is 2.39 bits per heavy atom. The van der Waals surface area contributed by atoms with Crippen molar-refractivity contribution in [2.45, 2.75) is 20.0 Å². The van der Waals surface area contributed by atoms with E-state index in [9.17, 15) is 22.4 Å². The van der Waals surface area contributed by atoms with E-state index >= 15 is 0 Å². The molecule has 0 radical (unpaired) electrons. The smallest absolute Gasteiger partial charge is 0.435 e. The number of hydrogen-bond donors (Lipinski definition) is 1. The quantitative estimate of drug-likeness (QED) is 0.690. The number of carbonyl (C=O) groups excluding carboxylic acids is 1. The molecule has 0 aliphatic rings. The van der Waals surface area contributed by atoms with Crippen molar-refractivity contribution < 1.29 is 27.1 Å². The van der Waals surface area contributed by atoms with Crippen LogP contribution in [-0.4, -0.2) is 21.1 Å². The minimum absolute atomic E-state index is 0.00218. The molecule has 23 heavy (non-hydrogen) atoms. The Kier molecular flexibility index (Phi) is 4.17. The van der Waals surface area contributed by atoms with Crippen LogP contribution < -0.4 is 10.5 Å². The fourth-order valence-electron chi connectivity index (χ4n) is 1.86. The number of ether oxygens (including phenoxy) is 1. The summed E-state index contributed by atoms with van der Waals surface area (Å²) in [6, 6.07) is 2.17. The summed E-state index contributed by atoms with van der Waals surface area (Å²) in [6.45, 7) is 2.44. The van der Waals surface area contributed by atoms with Gasteiger partial charge in [0, 0.05) is 0 Å². The van der Waals surface area contributed by atoms with Gasteiger partial charge >= 0.3 is 6.18 Å². The molecule has 10 heteroatoms. The molecule has 0 aliphatic heterocycles. The van der Waals surface area contributed by atoms with Crippen LogP contribution in [0.25, 0.3) is 0 Å². The number of nitrogens with two attached hydrogens (primary N) is 1. The first-order valence-corrected chi connectivity index (χ1v) is 6.16. The second-order valence-corrected chi connectivity index (χ2v) is 4.54. The summed E-state index contributed by atoms with van der Waals surface area (Å²) in [5, 5.41) is 6.31. The van der Waals surface area contributed by atoms with Gasteiger partial charge in [0.05, 0.1) is 5.69 Å². The van der Waals surface area contributed by atoms with Crippen LogP contribution in [0.1, 0.15) is 27.3 Å². The molecule has 6 nitrogen and oxygen atoms in total. The minimum Gasteiger partial charge on any atom is -0.435 e. The van der Waals surface area contributed by atoms with E-state index in [1.54, 1.807) is 0 Å². The van der Waals surface area contributed by atoms with Crippen LogP contribution >= 0.6 is 0 Å². The van der Waals surface area contributed by atoms with Crippen molar-refractivity contribution in [2.24, 2.45) is 5.73 Å². The molecule has 0 aliphatic carbocycles. The van der Waals surface area contributed by atoms with E-state index in [-0.39, 0.29) is 11.4 Å². The predicted molar refractivity (Wildman–Crippen MR) is 69.3 cm³/mol. The van der Waals surface area contributed by atoms with Crippen LogP contribution in [0.15, 0.2) is 12.1 Å². The zero-order valence-corrected chi connectivity index (χ0v) is 11.9. The topological polar surface area (TPSA) is 91.0 Å². The van der Waals surface area contributed by atoms with Gasteiger partial charge in [0.25, 0.3) is 11.8 Å². The zero-order chi connectivity index (χ0) is 17.4. The minimum atomic E-state index is -4.80. The van der Waals surface area contributed by atoms with E-state index < -0.39 is 40.7 Å². The summed E-state index contributed by atoms with van der Waals surface area (Å²) in [7, 11) is 0. The molecule has 122 valence electrons. The molecule has 0 saturated heterocycles. The van der Waals surface area contributed by atoms with Gasteiger partial charge in [-0.2, -0.15) is 17.6 Å². The Labute approximate surface area is 127 Å². The molecule has 2 aromatic rings. The highest BCUT2D eigenvalue weighted by Crippen LogP contribution is 2.34. The molecular weight excluding hydrogens is 320 g/mol. The number of amides is 1. The molecule has 0 fully saturated rings. The first-order valence-electron chi connectivity index (χ1n) is 6.16. The van der Waals surface area contributed by atoms with Crippen LogP contribution in [0, 0.1) is 19.8 Å². The Hall–Kier alpha value is -2.78. The Morgan fingerprint density at radius 2 is 1.87 bits per heavy atom. The molecule has 0 aromatic carbocycles. The predicted octanol–water partition coefficient (Wildman–Crippen LogP) is 2.54. The second kappa shape index (κ2) is 5.78. The van der Waals surface area contributed by atoms with Crippen LogP contribution in [-0.2, 0) is 6.18 Å². The Bertz CT molecular complexity index is 777. The van der Waals surface area contributed by atoms with Gasteiger partial charge in [-0.15, -0.1) is 10.2 Å². The second-order valence-electron chi connectivity index (χ2n) is 4.54. The number of aryl methyl sites for hydroxylation is 1. The third-order valence-electron chi connectivity index (χ3n) is 2.91. The summed E-state index contributed by atoms with van der Waals surface area (Å²) in [5.41, 5.74) is 2.81. The zero-order valence-electron chi connectivity index (χ0n) is 11.9. The summed E-state index contributed by atoms with van der Waals surface area (Å²) in [5.74, 6) is -2.44. The van der Waals surface area contributed by atoms with E-state index in [0.717, 1.165) is 13.0 Å². The van der Waals surface area contributed by atoms with Gasteiger partial charge in [-0.05, 0) is 31.5 Å². The summed E-state index contributed by atoms with van der Waals surface area (Å²) in [6.07, 6.45) is -4.80. The maximum atomic E-state index is 12.9. The number of alkyl halides is 3. The molecule has 2 aromatic heterocycles. The number of rotatable bonds is 3. The third-order valence-corrected chi connectivity index (χ3v) is 2.91. The van der Waals surface area contributed by atoms with E-state index in [4.69, 9.17) is 10.5 Å². The number of hydrogen-bond acceptors (Lipinski definition) is 5. The number of pyridine rings is 1. The van der Waals surface area contributed by atoms with Gasteiger partial charge in [-0.1, -0.05) is 0 Å². The molecule has 0 spiro atoms. The monoisotopic (exact) mass is 330 g/mol. The molecule has 0 saturated carbocycles. The van der Waals surface area contributed by atoms with Crippen molar-refractivity contribution >= 4 is 5.91 Å². The first-order chi connectivity index (χ1) is 10.6. The van der Waals surface area contributed by atoms with Crippen molar-refractivity contribution in [3.05, 3.63) is 40.6 Å². The van der Waals surface area contributed by atoms with Gasteiger partial charge in [-0.25, -0.2) is 4.98 Å². The maximum absolute atomic E-state index is 12.9. The van der Waals surface area contributed by atoms with Crippen molar-refractivity contribution in [2.75, 3.05) is 0 Å². The van der Waals surface area contributed by atoms with Crippen molar-refractivity contribution in [3.8, 4) is 11.6 Å². The number of aromatic nitrogens is 3. The molecule has 0 atom stereocenters. The Balaban J connectivity index is 2.55. The highest BCUT2D eigenvalue weighted by atomic mass is 19.4. The number of carbonyl (C=O) groups is 1. The average molecular weight is 330 g/mol. The van der Waals surface area contributed by atoms with E-state index in [1.165, 1.54) is 13.0 Å². The normalized spacial score (nSPS) is 11.4. The maximum Gasteiger partial charge on any atom is 0.435 e. The molecular formula is C13H10F4N4O2. The van der Waals surface area contributed by atoms with Crippen molar-refractivity contribution in [3.63, 3.8) is 0 Å². The SMILES string of the molecule is Cc1nc(F)ccc1Oc1nnc(C(F)(F)F)c(C)c1C(N)=O. The van der Waals surface area contributed by atoms with Gasteiger partial charge in [0.15, 0.2) is 11.4 Å². The van der Waals surface area contributed by atoms with Crippen LogP contribution in [0.5, 0.6) is 11.6 Å². The van der Waals surface area contributed by atoms with Crippen molar-refractivity contribution in [1.29, 1.82) is 0 Å². The van der Waals surface area contributed by atoms with Gasteiger partial charge in [-0.3, -0.25) is 4.79 Å².